The number of primary amides is 1. The Morgan fingerprint density at radius 2 is 1.75 bits per heavy atom. The molecule has 0 atom stereocenters. The van der Waals surface area contributed by atoms with E-state index in [9.17, 15) is 0 Å². The molecule has 0 saturated heterocycles. The van der Waals surface area contributed by atoms with E-state index in [4.69, 9.17) is 4.79 Å². The number of carbonyl (C=O) groups excluding carboxylic acids is 1. The van der Waals surface area contributed by atoms with E-state index in [1.165, 1.54) is 0 Å². The Balaban J connectivity index is 0. The van der Waals surface area contributed by atoms with E-state index in [2.05, 4.69) is 5.73 Å². The van der Waals surface area contributed by atoms with Crippen LogP contribution in [-0.2, 0) is 4.79 Å². The van der Waals surface area contributed by atoms with Crippen molar-refractivity contribution in [2.24, 2.45) is 5.73 Å². The van der Waals surface area contributed by atoms with Crippen LogP contribution < -0.4 is 5.73 Å². The normalized spacial score (nSPS) is 3.00. The second-order valence-corrected chi connectivity index (χ2v) is 0.136. The zero-order valence-corrected chi connectivity index (χ0v) is 7.77. The van der Waals surface area contributed by atoms with E-state index in [0.717, 1.165) is 0 Å². The molecular formula is CH6BiNO. The fourth-order valence-corrected chi connectivity index (χ4v) is 0. The average molecular weight is 257 g/mol. The summed E-state index contributed by atoms with van der Waals surface area (Å²) in [5.74, 6) is 0. The summed E-state index contributed by atoms with van der Waals surface area (Å²) in [5, 5.41) is 0. The molecule has 3 heteroatoms. The monoisotopic (exact) mass is 257 g/mol. The first-order valence-electron chi connectivity index (χ1n) is 0.569. The molecule has 2 nitrogen and oxygen atoms in total. The third-order valence-electron chi connectivity index (χ3n) is 0. The fraction of sp³-hybridized carbons (Fsp3) is 0. The third kappa shape index (κ3) is 34.6. The molecular weight excluding hydrogens is 251 g/mol. The Hall–Kier alpha value is 0.353. The predicted molar refractivity (Wildman–Crippen MR) is 20.2 cm³/mol. The molecule has 0 unspecified atom stereocenters. The number of hydrogen-bond acceptors (Lipinski definition) is 1. The van der Waals surface area contributed by atoms with Gasteiger partial charge in [-0.1, -0.05) is 0 Å². The van der Waals surface area contributed by atoms with Crippen molar-refractivity contribution in [3.05, 3.63) is 0 Å². The number of amides is 1. The van der Waals surface area contributed by atoms with Gasteiger partial charge in [0.25, 0.3) is 0 Å². The van der Waals surface area contributed by atoms with E-state index >= 15 is 0 Å². The molecule has 4 heavy (non-hydrogen) atoms. The molecule has 0 radical (unpaired) electrons. The zero-order valence-electron chi connectivity index (χ0n) is 2.27. The third-order valence-corrected chi connectivity index (χ3v) is 0. The number of rotatable bonds is 0. The Bertz CT molecular complexity index is 15.5. The van der Waals surface area contributed by atoms with Crippen molar-refractivity contribution in [2.45, 2.75) is 0 Å². The molecule has 0 aromatic heterocycles. The minimum absolute atomic E-state index is 0. The molecule has 0 saturated carbocycles. The second kappa shape index (κ2) is 10.1. The van der Waals surface area contributed by atoms with Gasteiger partial charge in [-0.15, -0.1) is 0 Å². The van der Waals surface area contributed by atoms with Crippen molar-refractivity contribution >= 4 is 32.6 Å². The molecule has 0 aromatic rings. The molecule has 0 aliphatic carbocycles. The fourth-order valence-electron chi connectivity index (χ4n) is 0. The van der Waals surface area contributed by atoms with Gasteiger partial charge in [0, 0.05) is 0 Å². The van der Waals surface area contributed by atoms with Crippen LogP contribution in [0, 0.1) is 0 Å². The van der Waals surface area contributed by atoms with E-state index < -0.39 is 0 Å². The second-order valence-electron chi connectivity index (χ2n) is 0.136. The van der Waals surface area contributed by atoms with Gasteiger partial charge in [0.2, 0.25) is 6.41 Å². The van der Waals surface area contributed by atoms with E-state index in [-0.39, 0.29) is 32.6 Å². The topological polar surface area (TPSA) is 43.1 Å². The molecule has 0 rings (SSSR count). The van der Waals surface area contributed by atoms with Gasteiger partial charge in [-0.25, -0.2) is 0 Å². The summed E-state index contributed by atoms with van der Waals surface area (Å²) in [7, 11) is 0. The zero-order chi connectivity index (χ0) is 2.71. The van der Waals surface area contributed by atoms with Crippen LogP contribution in [0.5, 0.6) is 0 Å². The Kier molecular flexibility index (Phi) is 22.4. The average Bonchev–Trinajstić information content (AvgIpc) is 0.918. The van der Waals surface area contributed by atoms with Gasteiger partial charge in [0.15, 0.2) is 0 Å². The minimum atomic E-state index is 0. The van der Waals surface area contributed by atoms with E-state index in [1.807, 2.05) is 0 Å². The first-order valence-corrected chi connectivity index (χ1v) is 0.569. The van der Waals surface area contributed by atoms with Crippen molar-refractivity contribution in [1.29, 1.82) is 0 Å². The van der Waals surface area contributed by atoms with Gasteiger partial charge in [-0.3, -0.25) is 4.79 Å². The molecule has 0 bridgehead atoms. The summed E-state index contributed by atoms with van der Waals surface area (Å²) in [6.07, 6.45) is 0.250. The molecule has 0 heterocycles. The van der Waals surface area contributed by atoms with Crippen LogP contribution in [0.25, 0.3) is 0 Å². The quantitative estimate of drug-likeness (QED) is 0.393. The van der Waals surface area contributed by atoms with Crippen LogP contribution in [0.1, 0.15) is 0 Å². The number of nitrogens with two attached hydrogens (primary N) is 1. The number of carbonyl (C=O) groups is 1. The maximum atomic E-state index is 8.58. The molecule has 2 N–H and O–H groups in total. The summed E-state index contributed by atoms with van der Waals surface area (Å²) < 4.78 is 0. The summed E-state index contributed by atoms with van der Waals surface area (Å²) in [6, 6.07) is 0. The van der Waals surface area contributed by atoms with Crippen molar-refractivity contribution in [2.75, 3.05) is 0 Å². The van der Waals surface area contributed by atoms with Crippen LogP contribution in [0.3, 0.4) is 0 Å². The first-order chi connectivity index (χ1) is 1.41. The van der Waals surface area contributed by atoms with Gasteiger partial charge in [-0.2, -0.15) is 0 Å². The first kappa shape index (κ1) is 8.84. The summed E-state index contributed by atoms with van der Waals surface area (Å²) >= 11 is 0. The van der Waals surface area contributed by atoms with Gasteiger partial charge in [0.05, 0.1) is 0 Å². The summed E-state index contributed by atoms with van der Waals surface area (Å²) in [6.45, 7) is 0. The van der Waals surface area contributed by atoms with Crippen LogP contribution in [0.15, 0.2) is 0 Å². The number of hydrogen-bond donors (Lipinski definition) is 1. The van der Waals surface area contributed by atoms with Gasteiger partial charge >= 0.3 is 26.2 Å². The summed E-state index contributed by atoms with van der Waals surface area (Å²) in [4.78, 5) is 8.58. The molecule has 0 spiro atoms. The van der Waals surface area contributed by atoms with Gasteiger partial charge < -0.3 is 5.73 Å². The molecule has 26 valence electrons. The predicted octanol–water partition coefficient (Wildman–Crippen LogP) is -2.08. The molecule has 0 aliphatic heterocycles. The molecule has 1 amide bonds. The standard InChI is InChI=1S/CH3NO.Bi.3H/c2-1-3;;;;/h1H,(H2,2,3);;;;. The van der Waals surface area contributed by atoms with E-state index in [0.29, 0.717) is 0 Å². The molecule has 0 fully saturated rings. The van der Waals surface area contributed by atoms with Crippen molar-refractivity contribution in [3.8, 4) is 0 Å². The SMILES string of the molecule is NC=O.[BiH3]. The van der Waals surface area contributed by atoms with Crippen LogP contribution in [-0.4, -0.2) is 32.6 Å². The van der Waals surface area contributed by atoms with Gasteiger partial charge in [-0.05, 0) is 0 Å². The Morgan fingerprint density at radius 3 is 1.75 bits per heavy atom. The van der Waals surface area contributed by atoms with Crippen LogP contribution in [0.4, 0.5) is 0 Å². The Morgan fingerprint density at radius 1 is 1.75 bits per heavy atom. The van der Waals surface area contributed by atoms with Crippen molar-refractivity contribution in [1.82, 2.24) is 0 Å². The summed E-state index contributed by atoms with van der Waals surface area (Å²) in [5.41, 5.74) is 4.17. The molecule has 0 aromatic carbocycles. The van der Waals surface area contributed by atoms with Gasteiger partial charge in [0.1, 0.15) is 0 Å². The Labute approximate surface area is 43.5 Å². The molecule has 0 aliphatic rings. The van der Waals surface area contributed by atoms with Crippen molar-refractivity contribution < 1.29 is 4.79 Å². The van der Waals surface area contributed by atoms with Crippen molar-refractivity contribution in [3.63, 3.8) is 0 Å². The van der Waals surface area contributed by atoms with Crippen LogP contribution in [0.2, 0.25) is 0 Å². The van der Waals surface area contributed by atoms with E-state index in [1.54, 1.807) is 0 Å². The maximum absolute atomic E-state index is 8.58. The van der Waals surface area contributed by atoms with Crippen LogP contribution >= 0.6 is 0 Å².